The predicted octanol–water partition coefficient (Wildman–Crippen LogP) is 4.18. The second-order valence-electron chi connectivity index (χ2n) is 3.63. The number of amides is 1. The zero-order chi connectivity index (χ0) is 13.3. The van der Waals surface area contributed by atoms with Gasteiger partial charge in [0.2, 0.25) is 5.91 Å². The maximum Gasteiger partial charge on any atom is 0.230 e. The molecule has 0 atom stereocenters. The van der Waals surface area contributed by atoms with Crippen LogP contribution < -0.4 is 0 Å². The Morgan fingerprint density at radius 3 is 2.24 bits per heavy atom. The summed E-state index contributed by atoms with van der Waals surface area (Å²) in [6.45, 7) is 9.66. The molecule has 0 N–H and O–H groups in total. The van der Waals surface area contributed by atoms with Gasteiger partial charge in [-0.25, -0.2) is 0 Å². The van der Waals surface area contributed by atoms with E-state index in [1.165, 1.54) is 0 Å². The van der Waals surface area contributed by atoms with Gasteiger partial charge in [0.15, 0.2) is 0 Å². The normalized spacial score (nSPS) is 13.7. The van der Waals surface area contributed by atoms with Crippen LogP contribution in [0.1, 0.15) is 41.0 Å². The highest BCUT2D eigenvalue weighted by molar-refractivity contribution is 5.80. The number of hydrogen-bond acceptors (Lipinski definition) is 1. The lowest BCUT2D eigenvalue weighted by atomic mass is 10.2. The molecule has 2 nitrogen and oxygen atoms in total. The summed E-state index contributed by atoms with van der Waals surface area (Å²) in [6, 6.07) is 0. The lowest BCUT2D eigenvalue weighted by Gasteiger charge is -2.24. The van der Waals surface area contributed by atoms with Crippen molar-refractivity contribution in [3.05, 3.63) is 47.9 Å². The van der Waals surface area contributed by atoms with E-state index in [2.05, 4.69) is 0 Å². The summed E-state index contributed by atoms with van der Waals surface area (Å²) in [5, 5.41) is 0. The fourth-order valence-corrected chi connectivity index (χ4v) is 1.48. The van der Waals surface area contributed by atoms with Crippen LogP contribution in [0.25, 0.3) is 0 Å². The van der Waals surface area contributed by atoms with Crippen LogP contribution >= 0.6 is 0 Å². The summed E-state index contributed by atoms with van der Waals surface area (Å²) in [7, 11) is 0. The first-order chi connectivity index (χ1) is 8.12. The molecule has 0 radical (unpaired) electrons. The molecule has 17 heavy (non-hydrogen) atoms. The summed E-state index contributed by atoms with van der Waals surface area (Å²) < 4.78 is 0. The number of carbonyl (C=O) groups excluding carboxylic acids is 1. The molecule has 0 saturated heterocycles. The summed E-state index contributed by atoms with van der Waals surface area (Å²) in [5.74, 6) is 0.106. The molecule has 0 spiro atoms. The summed E-state index contributed by atoms with van der Waals surface area (Å²) in [5.41, 5.74) is 1.85. The second kappa shape index (κ2) is 8.57. The van der Waals surface area contributed by atoms with Crippen molar-refractivity contribution in [3.63, 3.8) is 0 Å². The highest BCUT2D eigenvalue weighted by atomic mass is 16.2. The molecule has 0 aliphatic rings. The Kier molecular flexibility index (Phi) is 7.78. The highest BCUT2D eigenvalue weighted by Gasteiger charge is 2.15. The minimum absolute atomic E-state index is 0.106. The van der Waals surface area contributed by atoms with Gasteiger partial charge < -0.3 is 0 Å². The van der Waals surface area contributed by atoms with E-state index in [1.54, 1.807) is 4.90 Å². The maximum absolute atomic E-state index is 12.0. The summed E-state index contributed by atoms with van der Waals surface area (Å²) in [4.78, 5) is 13.7. The Hall–Kier alpha value is -1.57. The minimum Gasteiger partial charge on any atom is -0.286 e. The third kappa shape index (κ3) is 4.85. The molecule has 0 fully saturated rings. The van der Waals surface area contributed by atoms with Crippen molar-refractivity contribution in [1.82, 2.24) is 4.90 Å². The largest absolute Gasteiger partial charge is 0.286 e. The van der Waals surface area contributed by atoms with Crippen LogP contribution in [0.15, 0.2) is 47.9 Å². The fraction of sp³-hybridized carbons (Fsp3) is 0.400. The number of hydrogen-bond donors (Lipinski definition) is 0. The number of carbonyl (C=O) groups is 1. The molecule has 94 valence electrons. The van der Waals surface area contributed by atoms with Crippen LogP contribution in [0.4, 0.5) is 0 Å². The van der Waals surface area contributed by atoms with Gasteiger partial charge in [-0.15, -0.1) is 0 Å². The molecule has 1 amide bonds. The summed E-state index contributed by atoms with van der Waals surface area (Å²) >= 11 is 0. The van der Waals surface area contributed by atoms with Crippen molar-refractivity contribution < 1.29 is 4.79 Å². The van der Waals surface area contributed by atoms with E-state index < -0.39 is 0 Å². The zero-order valence-corrected chi connectivity index (χ0v) is 11.5. The van der Waals surface area contributed by atoms with Crippen LogP contribution in [0, 0.1) is 0 Å². The standard InChI is InChI=1S/C15H23NO/c1-6-10-12-13(5)16(15(17)9-4)14(8-3)11-7-2/h6-8,10-12H,9H2,1-5H3/b10-6-,11-7-,13-12+,14-8+. The molecular formula is C15H23NO. The van der Waals surface area contributed by atoms with Gasteiger partial charge in [-0.3, -0.25) is 9.69 Å². The minimum atomic E-state index is 0.106. The molecule has 2 heteroatoms. The highest BCUT2D eigenvalue weighted by Crippen LogP contribution is 2.16. The molecule has 0 unspecified atom stereocenters. The quantitative estimate of drug-likeness (QED) is 0.652. The molecular weight excluding hydrogens is 210 g/mol. The number of rotatable bonds is 5. The van der Waals surface area contributed by atoms with Crippen LogP contribution in [-0.2, 0) is 4.79 Å². The predicted molar refractivity (Wildman–Crippen MR) is 74.3 cm³/mol. The van der Waals surface area contributed by atoms with E-state index >= 15 is 0 Å². The van der Waals surface area contributed by atoms with Crippen molar-refractivity contribution in [3.8, 4) is 0 Å². The SMILES string of the molecule is C/C=C\C=C(/C)N(C(=O)CC)C(/C=C\C)=C/C. The van der Waals surface area contributed by atoms with E-state index in [4.69, 9.17) is 0 Å². The molecule has 0 aliphatic heterocycles. The Morgan fingerprint density at radius 2 is 1.82 bits per heavy atom. The lowest BCUT2D eigenvalue weighted by Crippen LogP contribution is -2.27. The Bertz CT molecular complexity index is 359. The average Bonchev–Trinajstić information content (AvgIpc) is 2.35. The zero-order valence-electron chi connectivity index (χ0n) is 11.5. The van der Waals surface area contributed by atoms with Crippen LogP contribution in [0.5, 0.6) is 0 Å². The molecule has 0 saturated carbocycles. The van der Waals surface area contributed by atoms with E-state index in [-0.39, 0.29) is 5.91 Å². The van der Waals surface area contributed by atoms with Crippen molar-refractivity contribution in [1.29, 1.82) is 0 Å². The van der Waals surface area contributed by atoms with Gasteiger partial charge in [-0.1, -0.05) is 31.2 Å². The fourth-order valence-electron chi connectivity index (χ4n) is 1.48. The molecule has 0 aromatic carbocycles. The van der Waals surface area contributed by atoms with Crippen molar-refractivity contribution >= 4 is 5.91 Å². The van der Waals surface area contributed by atoms with Crippen molar-refractivity contribution in [2.75, 3.05) is 0 Å². The number of nitrogens with zero attached hydrogens (tertiary/aromatic N) is 1. The smallest absolute Gasteiger partial charge is 0.230 e. The van der Waals surface area contributed by atoms with Crippen LogP contribution in [-0.4, -0.2) is 10.8 Å². The monoisotopic (exact) mass is 233 g/mol. The van der Waals surface area contributed by atoms with E-state index in [0.717, 1.165) is 11.4 Å². The van der Waals surface area contributed by atoms with Gasteiger partial charge >= 0.3 is 0 Å². The third-order valence-corrected chi connectivity index (χ3v) is 2.33. The lowest BCUT2D eigenvalue weighted by molar-refractivity contribution is -0.127. The van der Waals surface area contributed by atoms with Gasteiger partial charge in [0.05, 0.1) is 0 Å². The average molecular weight is 233 g/mol. The third-order valence-electron chi connectivity index (χ3n) is 2.33. The second-order valence-corrected chi connectivity index (χ2v) is 3.63. The molecule has 0 bridgehead atoms. The Morgan fingerprint density at radius 1 is 1.18 bits per heavy atom. The molecule has 0 aliphatic carbocycles. The molecule has 0 rings (SSSR count). The first-order valence-corrected chi connectivity index (χ1v) is 6.03. The van der Waals surface area contributed by atoms with E-state index in [9.17, 15) is 4.79 Å². The van der Waals surface area contributed by atoms with Gasteiger partial charge in [0.1, 0.15) is 0 Å². The molecule has 0 aromatic rings. The first kappa shape index (κ1) is 15.4. The Labute approximate surface area is 105 Å². The van der Waals surface area contributed by atoms with E-state index in [1.807, 2.05) is 71.1 Å². The topological polar surface area (TPSA) is 20.3 Å². The van der Waals surface area contributed by atoms with Gasteiger partial charge in [-0.2, -0.15) is 0 Å². The van der Waals surface area contributed by atoms with Crippen LogP contribution in [0.3, 0.4) is 0 Å². The molecule has 0 aromatic heterocycles. The molecule has 0 heterocycles. The van der Waals surface area contributed by atoms with Gasteiger partial charge in [0, 0.05) is 17.8 Å². The Balaban J connectivity index is 5.34. The van der Waals surface area contributed by atoms with E-state index in [0.29, 0.717) is 6.42 Å². The van der Waals surface area contributed by atoms with Gasteiger partial charge in [-0.05, 0) is 39.8 Å². The number of allylic oxidation sites excluding steroid dienone is 7. The first-order valence-electron chi connectivity index (χ1n) is 6.03. The van der Waals surface area contributed by atoms with Gasteiger partial charge in [0.25, 0.3) is 0 Å². The van der Waals surface area contributed by atoms with Crippen molar-refractivity contribution in [2.45, 2.75) is 41.0 Å². The maximum atomic E-state index is 12.0. The van der Waals surface area contributed by atoms with Crippen molar-refractivity contribution in [2.24, 2.45) is 0 Å². The summed E-state index contributed by atoms with van der Waals surface area (Å²) in [6.07, 6.45) is 12.2. The van der Waals surface area contributed by atoms with Crippen LogP contribution in [0.2, 0.25) is 0 Å².